The number of rotatable bonds is 7. The van der Waals surface area contributed by atoms with Crippen molar-refractivity contribution >= 4 is 11.6 Å². The maximum Gasteiger partial charge on any atom is 0.162 e. The van der Waals surface area contributed by atoms with Crippen LogP contribution in [0, 0.1) is 6.92 Å². The normalized spacial score (nSPS) is 14.2. The topological polar surface area (TPSA) is 31.4 Å². The smallest absolute Gasteiger partial charge is 0.162 e. The SMILES string of the molecule is COc1ccc(C(=Cc2ccncc2)c2ccc(-c3ccc(C)cc3)cc2)cc1OC1CCCC1. The van der Waals surface area contributed by atoms with Crippen LogP contribution in [0.5, 0.6) is 11.5 Å². The van der Waals surface area contributed by atoms with E-state index in [0.717, 1.165) is 46.6 Å². The summed E-state index contributed by atoms with van der Waals surface area (Å²) in [6.45, 7) is 2.11. The number of hydrogen-bond acceptors (Lipinski definition) is 3. The molecule has 0 N–H and O–H groups in total. The number of hydrogen-bond donors (Lipinski definition) is 0. The summed E-state index contributed by atoms with van der Waals surface area (Å²) in [5.74, 6) is 1.59. The largest absolute Gasteiger partial charge is 0.493 e. The molecule has 0 bridgehead atoms. The van der Waals surface area contributed by atoms with E-state index in [1.54, 1.807) is 7.11 Å². The molecule has 3 heteroatoms. The lowest BCUT2D eigenvalue weighted by molar-refractivity contribution is 0.201. The zero-order valence-electron chi connectivity index (χ0n) is 20.4. The first-order valence-corrected chi connectivity index (χ1v) is 12.3. The summed E-state index contributed by atoms with van der Waals surface area (Å²) in [6.07, 6.45) is 10.8. The molecule has 0 radical (unpaired) electrons. The minimum atomic E-state index is 0.264. The van der Waals surface area contributed by atoms with E-state index in [4.69, 9.17) is 9.47 Å². The van der Waals surface area contributed by atoms with Crippen molar-refractivity contribution in [1.82, 2.24) is 4.98 Å². The Balaban J connectivity index is 1.54. The van der Waals surface area contributed by atoms with Crippen LogP contribution >= 0.6 is 0 Å². The summed E-state index contributed by atoms with van der Waals surface area (Å²) in [4.78, 5) is 4.18. The van der Waals surface area contributed by atoms with Crippen molar-refractivity contribution < 1.29 is 9.47 Å². The highest BCUT2D eigenvalue weighted by Gasteiger charge is 2.19. The molecule has 1 aliphatic rings. The molecule has 1 saturated carbocycles. The summed E-state index contributed by atoms with van der Waals surface area (Å²) in [6, 6.07) is 27.7. The maximum atomic E-state index is 6.40. The van der Waals surface area contributed by atoms with Crippen molar-refractivity contribution in [2.75, 3.05) is 7.11 Å². The van der Waals surface area contributed by atoms with Crippen molar-refractivity contribution in [2.45, 2.75) is 38.7 Å². The molecule has 3 nitrogen and oxygen atoms in total. The molecule has 4 aromatic rings. The van der Waals surface area contributed by atoms with E-state index < -0.39 is 0 Å². The fourth-order valence-corrected chi connectivity index (χ4v) is 4.67. The molecule has 0 aliphatic heterocycles. The lowest BCUT2D eigenvalue weighted by Crippen LogP contribution is -2.11. The molecule has 0 atom stereocenters. The van der Waals surface area contributed by atoms with E-state index in [0.29, 0.717) is 0 Å². The van der Waals surface area contributed by atoms with Crippen LogP contribution in [0.15, 0.2) is 91.3 Å². The molecule has 1 heterocycles. The first-order valence-electron chi connectivity index (χ1n) is 12.3. The van der Waals surface area contributed by atoms with E-state index in [1.165, 1.54) is 29.5 Å². The van der Waals surface area contributed by atoms with Gasteiger partial charge in [-0.25, -0.2) is 0 Å². The highest BCUT2D eigenvalue weighted by atomic mass is 16.5. The monoisotopic (exact) mass is 461 g/mol. The van der Waals surface area contributed by atoms with Crippen LogP contribution in [-0.2, 0) is 0 Å². The predicted molar refractivity (Wildman–Crippen MR) is 144 cm³/mol. The fourth-order valence-electron chi connectivity index (χ4n) is 4.67. The lowest BCUT2D eigenvalue weighted by Gasteiger charge is -2.18. The first-order chi connectivity index (χ1) is 17.2. The van der Waals surface area contributed by atoms with Crippen LogP contribution < -0.4 is 9.47 Å². The molecule has 0 saturated heterocycles. The van der Waals surface area contributed by atoms with E-state index in [-0.39, 0.29) is 6.10 Å². The average molecular weight is 462 g/mol. The molecular formula is C32H31NO2. The van der Waals surface area contributed by atoms with E-state index in [9.17, 15) is 0 Å². The second-order valence-corrected chi connectivity index (χ2v) is 9.17. The minimum Gasteiger partial charge on any atom is -0.493 e. The van der Waals surface area contributed by atoms with Gasteiger partial charge >= 0.3 is 0 Å². The molecule has 176 valence electrons. The van der Waals surface area contributed by atoms with Crippen molar-refractivity contribution in [1.29, 1.82) is 0 Å². The van der Waals surface area contributed by atoms with Gasteiger partial charge in [0.15, 0.2) is 11.5 Å². The molecule has 0 unspecified atom stereocenters. The van der Waals surface area contributed by atoms with Gasteiger partial charge in [-0.1, -0.05) is 60.2 Å². The average Bonchev–Trinajstić information content (AvgIpc) is 3.42. The van der Waals surface area contributed by atoms with Crippen molar-refractivity contribution in [2.24, 2.45) is 0 Å². The molecule has 3 aromatic carbocycles. The lowest BCUT2D eigenvalue weighted by atomic mass is 9.93. The second kappa shape index (κ2) is 10.6. The van der Waals surface area contributed by atoms with Crippen LogP contribution in [0.2, 0.25) is 0 Å². The number of ether oxygens (including phenoxy) is 2. The number of methoxy groups -OCH3 is 1. The third-order valence-electron chi connectivity index (χ3n) is 6.67. The summed E-state index contributed by atoms with van der Waals surface area (Å²) in [5, 5.41) is 0. The third-order valence-corrected chi connectivity index (χ3v) is 6.67. The van der Waals surface area contributed by atoms with Gasteiger partial charge in [-0.2, -0.15) is 0 Å². The van der Waals surface area contributed by atoms with Crippen LogP contribution in [0.3, 0.4) is 0 Å². The van der Waals surface area contributed by atoms with Gasteiger partial charge in [0.05, 0.1) is 13.2 Å². The number of pyridine rings is 1. The standard InChI is InChI=1S/C32H31NO2/c1-23-7-9-25(10-8-23)26-11-13-27(14-12-26)30(21-24-17-19-33-20-18-24)28-15-16-31(34-2)32(22-28)35-29-5-3-4-6-29/h7-22,29H,3-6H2,1-2H3. The maximum absolute atomic E-state index is 6.40. The highest BCUT2D eigenvalue weighted by Crippen LogP contribution is 2.37. The van der Waals surface area contributed by atoms with Gasteiger partial charge in [-0.05, 0) is 96.3 Å². The molecule has 0 amide bonds. The Labute approximate surface area is 208 Å². The zero-order valence-corrected chi connectivity index (χ0v) is 20.4. The third kappa shape index (κ3) is 5.46. The molecular weight excluding hydrogens is 430 g/mol. The summed E-state index contributed by atoms with van der Waals surface area (Å²) in [5.41, 5.74) is 8.17. The Morgan fingerprint density at radius 1 is 0.771 bits per heavy atom. The molecule has 0 spiro atoms. The van der Waals surface area contributed by atoms with Crippen LogP contribution in [0.4, 0.5) is 0 Å². The fraction of sp³-hybridized carbons (Fsp3) is 0.219. The molecule has 5 rings (SSSR count). The molecule has 1 fully saturated rings. The summed E-state index contributed by atoms with van der Waals surface area (Å²) in [7, 11) is 1.70. The number of aryl methyl sites for hydroxylation is 1. The van der Waals surface area contributed by atoms with E-state index in [1.807, 2.05) is 30.6 Å². The van der Waals surface area contributed by atoms with Gasteiger partial charge in [-0.3, -0.25) is 4.98 Å². The summed E-state index contributed by atoms with van der Waals surface area (Å²) >= 11 is 0. The number of aromatic nitrogens is 1. The predicted octanol–water partition coefficient (Wildman–Crippen LogP) is 7.98. The van der Waals surface area contributed by atoms with E-state index >= 15 is 0 Å². The number of nitrogens with zero attached hydrogens (tertiary/aromatic N) is 1. The van der Waals surface area contributed by atoms with Crippen molar-refractivity contribution in [3.8, 4) is 22.6 Å². The molecule has 35 heavy (non-hydrogen) atoms. The quantitative estimate of drug-likeness (QED) is 0.280. The zero-order chi connectivity index (χ0) is 24.0. The van der Waals surface area contributed by atoms with Gasteiger partial charge in [0.2, 0.25) is 0 Å². The Kier molecular flexibility index (Phi) is 6.94. The minimum absolute atomic E-state index is 0.264. The first kappa shape index (κ1) is 22.9. The highest BCUT2D eigenvalue weighted by molar-refractivity contribution is 5.92. The second-order valence-electron chi connectivity index (χ2n) is 9.17. The van der Waals surface area contributed by atoms with Gasteiger partial charge < -0.3 is 9.47 Å². The van der Waals surface area contributed by atoms with Gasteiger partial charge in [-0.15, -0.1) is 0 Å². The van der Waals surface area contributed by atoms with Gasteiger partial charge in [0.1, 0.15) is 0 Å². The van der Waals surface area contributed by atoms with Crippen LogP contribution in [0.1, 0.15) is 47.9 Å². The number of benzene rings is 3. The Bertz CT molecular complexity index is 1290. The molecule has 1 aromatic heterocycles. The van der Waals surface area contributed by atoms with Gasteiger partial charge in [0, 0.05) is 12.4 Å². The van der Waals surface area contributed by atoms with E-state index in [2.05, 4.69) is 78.6 Å². The Morgan fingerprint density at radius 2 is 1.40 bits per heavy atom. The summed E-state index contributed by atoms with van der Waals surface area (Å²) < 4.78 is 12.0. The van der Waals surface area contributed by atoms with Gasteiger partial charge in [0.25, 0.3) is 0 Å². The van der Waals surface area contributed by atoms with Crippen molar-refractivity contribution in [3.63, 3.8) is 0 Å². The van der Waals surface area contributed by atoms with Crippen molar-refractivity contribution in [3.05, 3.63) is 114 Å². The molecule has 1 aliphatic carbocycles. The Hall–Kier alpha value is -3.85. The Morgan fingerprint density at radius 3 is 2.06 bits per heavy atom. The van der Waals surface area contributed by atoms with Crippen LogP contribution in [-0.4, -0.2) is 18.2 Å². The van der Waals surface area contributed by atoms with Crippen LogP contribution in [0.25, 0.3) is 22.8 Å².